The fourth-order valence-corrected chi connectivity index (χ4v) is 2.63. The molecule has 0 fully saturated rings. The Morgan fingerprint density at radius 2 is 1.89 bits per heavy atom. The average Bonchev–Trinajstić information content (AvgIpc) is 2.28. The molecule has 0 aliphatic rings. The number of ether oxygens (including phenoxy) is 2. The highest BCUT2D eigenvalue weighted by molar-refractivity contribution is 9.10. The number of aliphatic carboxylic acids is 1. The smallest absolute Gasteiger partial charge is 0.311 e. The fourth-order valence-electron chi connectivity index (χ4n) is 1.94. The number of methoxy groups -OCH3 is 2. The number of hydrogen-bond acceptors (Lipinski definition) is 3. The zero-order chi connectivity index (χ0) is 13.9. The summed E-state index contributed by atoms with van der Waals surface area (Å²) in [5.41, 5.74) is 0.646. The van der Waals surface area contributed by atoms with Crippen molar-refractivity contribution in [1.29, 1.82) is 0 Å². The average molecular weight is 317 g/mol. The Morgan fingerprint density at radius 1 is 1.28 bits per heavy atom. The Labute approximate surface area is 115 Å². The molecule has 1 atom stereocenters. The number of rotatable bonds is 5. The summed E-state index contributed by atoms with van der Waals surface area (Å²) in [5.74, 6) is -0.377. The Kier molecular flexibility index (Phi) is 5.02. The van der Waals surface area contributed by atoms with Gasteiger partial charge in [-0.1, -0.05) is 19.9 Å². The van der Waals surface area contributed by atoms with Crippen molar-refractivity contribution in [1.82, 2.24) is 0 Å². The van der Waals surface area contributed by atoms with Gasteiger partial charge in [0.25, 0.3) is 0 Å². The monoisotopic (exact) mass is 316 g/mol. The summed E-state index contributed by atoms with van der Waals surface area (Å²) in [6, 6.07) is 3.47. The minimum absolute atomic E-state index is 0.0308. The Hall–Kier alpha value is -1.23. The Morgan fingerprint density at radius 3 is 2.28 bits per heavy atom. The van der Waals surface area contributed by atoms with Crippen LogP contribution in [0.15, 0.2) is 16.6 Å². The second-order valence-electron chi connectivity index (χ2n) is 4.26. The highest BCUT2D eigenvalue weighted by Gasteiger charge is 2.28. The maximum atomic E-state index is 11.4. The first-order valence-corrected chi connectivity index (χ1v) is 6.36. The standard InChI is InChI=1S/C13H17BrO4/c1-7(2)10(13(15)16)8-5-6-9(17-3)11(14)12(8)18-4/h5-7,10H,1-4H3,(H,15,16). The summed E-state index contributed by atoms with van der Waals surface area (Å²) in [6.45, 7) is 3.74. The molecule has 100 valence electrons. The molecule has 1 aromatic carbocycles. The molecule has 4 nitrogen and oxygen atoms in total. The van der Waals surface area contributed by atoms with E-state index in [1.165, 1.54) is 7.11 Å². The van der Waals surface area contributed by atoms with Crippen LogP contribution in [0.3, 0.4) is 0 Å². The highest BCUT2D eigenvalue weighted by atomic mass is 79.9. The second-order valence-corrected chi connectivity index (χ2v) is 5.06. The van der Waals surface area contributed by atoms with E-state index in [2.05, 4.69) is 15.9 Å². The van der Waals surface area contributed by atoms with E-state index in [9.17, 15) is 9.90 Å². The molecule has 0 saturated heterocycles. The third-order valence-electron chi connectivity index (χ3n) is 2.78. The van der Waals surface area contributed by atoms with Crippen LogP contribution in [0.1, 0.15) is 25.3 Å². The van der Waals surface area contributed by atoms with Crippen molar-refractivity contribution >= 4 is 21.9 Å². The van der Waals surface area contributed by atoms with E-state index < -0.39 is 11.9 Å². The maximum Gasteiger partial charge on any atom is 0.311 e. The zero-order valence-corrected chi connectivity index (χ0v) is 12.4. The van der Waals surface area contributed by atoms with Gasteiger partial charge < -0.3 is 14.6 Å². The minimum atomic E-state index is -0.861. The molecule has 0 aliphatic heterocycles. The molecule has 0 spiro atoms. The summed E-state index contributed by atoms with van der Waals surface area (Å²) in [6.07, 6.45) is 0. The van der Waals surface area contributed by atoms with Crippen molar-refractivity contribution in [3.05, 3.63) is 22.2 Å². The summed E-state index contributed by atoms with van der Waals surface area (Å²) < 4.78 is 11.1. The van der Waals surface area contributed by atoms with Gasteiger partial charge in [0.2, 0.25) is 0 Å². The molecule has 1 unspecified atom stereocenters. The van der Waals surface area contributed by atoms with Crippen LogP contribution in [-0.4, -0.2) is 25.3 Å². The second kappa shape index (κ2) is 6.09. The van der Waals surface area contributed by atoms with E-state index in [1.54, 1.807) is 19.2 Å². The quantitative estimate of drug-likeness (QED) is 0.905. The SMILES string of the molecule is COc1ccc(C(C(=O)O)C(C)C)c(OC)c1Br. The van der Waals surface area contributed by atoms with E-state index >= 15 is 0 Å². The molecule has 0 heterocycles. The molecule has 0 aliphatic carbocycles. The summed E-state index contributed by atoms with van der Waals surface area (Å²) >= 11 is 3.38. The topological polar surface area (TPSA) is 55.8 Å². The summed E-state index contributed by atoms with van der Waals surface area (Å²) in [4.78, 5) is 11.4. The van der Waals surface area contributed by atoms with Gasteiger partial charge in [-0.25, -0.2) is 0 Å². The lowest BCUT2D eigenvalue weighted by Gasteiger charge is -2.21. The van der Waals surface area contributed by atoms with Crippen LogP contribution >= 0.6 is 15.9 Å². The van der Waals surface area contributed by atoms with Gasteiger partial charge in [0.1, 0.15) is 16.0 Å². The molecule has 1 aromatic rings. The van der Waals surface area contributed by atoms with Crippen LogP contribution in [0.4, 0.5) is 0 Å². The largest absolute Gasteiger partial charge is 0.495 e. The molecular weight excluding hydrogens is 300 g/mol. The third kappa shape index (κ3) is 2.77. The molecule has 0 aromatic heterocycles. The van der Waals surface area contributed by atoms with Gasteiger partial charge in [-0.15, -0.1) is 0 Å². The predicted molar refractivity (Wildman–Crippen MR) is 72.5 cm³/mol. The molecule has 1 rings (SSSR count). The number of halogens is 1. The maximum absolute atomic E-state index is 11.4. The highest BCUT2D eigenvalue weighted by Crippen LogP contribution is 2.42. The molecule has 0 amide bonds. The van der Waals surface area contributed by atoms with E-state index in [1.807, 2.05) is 13.8 Å². The van der Waals surface area contributed by atoms with Crippen LogP contribution < -0.4 is 9.47 Å². The van der Waals surface area contributed by atoms with Gasteiger partial charge in [-0.2, -0.15) is 0 Å². The van der Waals surface area contributed by atoms with Gasteiger partial charge in [-0.05, 0) is 27.9 Å². The van der Waals surface area contributed by atoms with Crippen molar-refractivity contribution in [3.8, 4) is 11.5 Å². The van der Waals surface area contributed by atoms with E-state index in [-0.39, 0.29) is 5.92 Å². The first-order chi connectivity index (χ1) is 8.43. The van der Waals surface area contributed by atoms with Gasteiger partial charge in [0.05, 0.1) is 20.1 Å². The Bertz CT molecular complexity index is 443. The Balaban J connectivity index is 3.40. The van der Waals surface area contributed by atoms with Gasteiger partial charge in [0, 0.05) is 5.56 Å². The van der Waals surface area contributed by atoms with Crippen molar-refractivity contribution in [2.75, 3.05) is 14.2 Å². The normalized spacial score (nSPS) is 12.3. The van der Waals surface area contributed by atoms with Gasteiger partial charge in [0.15, 0.2) is 0 Å². The van der Waals surface area contributed by atoms with E-state index in [0.29, 0.717) is 21.5 Å². The first kappa shape index (κ1) is 14.8. The van der Waals surface area contributed by atoms with Crippen molar-refractivity contribution in [2.24, 2.45) is 5.92 Å². The lowest BCUT2D eigenvalue weighted by atomic mass is 9.88. The molecule has 0 radical (unpaired) electrons. The number of carboxylic acid groups (broad SMARTS) is 1. The van der Waals surface area contributed by atoms with Crippen molar-refractivity contribution in [2.45, 2.75) is 19.8 Å². The summed E-state index contributed by atoms with van der Waals surface area (Å²) in [7, 11) is 3.07. The molecule has 0 bridgehead atoms. The van der Waals surface area contributed by atoms with Crippen LogP contribution in [0.2, 0.25) is 0 Å². The molecule has 0 saturated carbocycles. The van der Waals surface area contributed by atoms with Gasteiger partial charge >= 0.3 is 5.97 Å². The predicted octanol–water partition coefficient (Wildman–Crippen LogP) is 3.29. The number of carbonyl (C=O) groups is 1. The summed E-state index contributed by atoms with van der Waals surface area (Å²) in [5, 5.41) is 9.33. The zero-order valence-electron chi connectivity index (χ0n) is 10.9. The van der Waals surface area contributed by atoms with E-state index in [4.69, 9.17) is 9.47 Å². The molecular formula is C13H17BrO4. The molecule has 18 heavy (non-hydrogen) atoms. The van der Waals surface area contributed by atoms with Crippen LogP contribution in [0, 0.1) is 5.92 Å². The first-order valence-electron chi connectivity index (χ1n) is 5.57. The lowest BCUT2D eigenvalue weighted by molar-refractivity contribution is -0.139. The fraction of sp³-hybridized carbons (Fsp3) is 0.462. The van der Waals surface area contributed by atoms with E-state index in [0.717, 1.165) is 0 Å². The minimum Gasteiger partial charge on any atom is -0.495 e. The van der Waals surface area contributed by atoms with Crippen molar-refractivity contribution < 1.29 is 19.4 Å². The van der Waals surface area contributed by atoms with Crippen LogP contribution in [0.5, 0.6) is 11.5 Å². The lowest BCUT2D eigenvalue weighted by Crippen LogP contribution is -2.18. The van der Waals surface area contributed by atoms with Crippen molar-refractivity contribution in [3.63, 3.8) is 0 Å². The number of carboxylic acids is 1. The van der Waals surface area contributed by atoms with Gasteiger partial charge in [-0.3, -0.25) is 4.79 Å². The molecule has 5 heteroatoms. The van der Waals surface area contributed by atoms with Crippen LogP contribution in [0.25, 0.3) is 0 Å². The number of benzene rings is 1. The number of hydrogen-bond donors (Lipinski definition) is 1. The van der Waals surface area contributed by atoms with Crippen LogP contribution in [-0.2, 0) is 4.79 Å². The molecule has 1 N–H and O–H groups in total. The third-order valence-corrected chi connectivity index (χ3v) is 3.53.